The Kier molecular flexibility index (Phi) is 11.8. The Labute approximate surface area is 203 Å². The molecule has 7 nitrogen and oxygen atoms in total. The topological polar surface area (TPSA) is 120 Å². The van der Waals surface area contributed by atoms with Gasteiger partial charge in [-0.05, 0) is 37.3 Å². The molecule has 2 aromatic rings. The van der Waals surface area contributed by atoms with Crippen LogP contribution in [-0.4, -0.2) is 36.3 Å². The van der Waals surface area contributed by atoms with Crippen LogP contribution in [0.25, 0.3) is 0 Å². The molecule has 1 unspecified atom stereocenters. The van der Waals surface area contributed by atoms with Crippen LogP contribution in [0, 0.1) is 5.41 Å². The fourth-order valence-corrected chi connectivity index (χ4v) is 3.76. The van der Waals surface area contributed by atoms with Gasteiger partial charge in [0.1, 0.15) is 11.9 Å². The molecule has 184 valence electrons. The lowest BCUT2D eigenvalue weighted by atomic mass is 9.95. The van der Waals surface area contributed by atoms with E-state index in [2.05, 4.69) is 47.1 Å². The van der Waals surface area contributed by atoms with Crippen molar-refractivity contribution in [2.75, 3.05) is 6.54 Å². The smallest absolute Gasteiger partial charge is 0.242 e. The molecule has 7 heteroatoms. The fraction of sp³-hybridized carbons (Fsp3) is 0.444. The zero-order valence-corrected chi connectivity index (χ0v) is 20.4. The number of hydrogen-bond acceptors (Lipinski definition) is 4. The first-order valence-electron chi connectivity index (χ1n) is 12.2. The quantitative estimate of drug-likeness (QED) is 0.288. The Balaban J connectivity index is 0.000000430. The van der Waals surface area contributed by atoms with Crippen molar-refractivity contribution in [3.8, 4) is 0 Å². The molecule has 0 spiro atoms. The van der Waals surface area contributed by atoms with Crippen molar-refractivity contribution in [2.24, 2.45) is 5.73 Å². The number of rotatable bonds is 9. The van der Waals surface area contributed by atoms with E-state index in [0.717, 1.165) is 24.8 Å². The molecule has 0 aliphatic heterocycles. The zero-order chi connectivity index (χ0) is 24.8. The minimum atomic E-state index is -0.591. The molecule has 0 heterocycles. The summed E-state index contributed by atoms with van der Waals surface area (Å²) in [5.41, 5.74) is 8.37. The fourth-order valence-electron chi connectivity index (χ4n) is 3.76. The first-order valence-corrected chi connectivity index (χ1v) is 12.2. The van der Waals surface area contributed by atoms with E-state index in [1.54, 1.807) is 19.1 Å². The van der Waals surface area contributed by atoms with Crippen molar-refractivity contribution in [2.45, 2.75) is 71.0 Å². The third kappa shape index (κ3) is 10.2. The Morgan fingerprint density at radius 2 is 1.65 bits per heavy atom. The van der Waals surface area contributed by atoms with Crippen LogP contribution < -0.4 is 21.7 Å². The molecule has 1 atom stereocenters. The lowest BCUT2D eigenvalue weighted by molar-refractivity contribution is -0.128. The highest BCUT2D eigenvalue weighted by molar-refractivity contribution is 5.94. The Bertz CT molecular complexity index is 893. The van der Waals surface area contributed by atoms with Crippen LogP contribution in [0.3, 0.4) is 0 Å². The molecule has 2 amide bonds. The summed E-state index contributed by atoms with van der Waals surface area (Å²) in [6.07, 6.45) is 7.08. The molecule has 0 bridgehead atoms. The van der Waals surface area contributed by atoms with Crippen LogP contribution >= 0.6 is 0 Å². The van der Waals surface area contributed by atoms with Gasteiger partial charge in [-0.3, -0.25) is 15.0 Å². The van der Waals surface area contributed by atoms with Crippen LogP contribution in [0.4, 0.5) is 0 Å². The molecule has 0 aromatic heterocycles. The average Bonchev–Trinajstić information content (AvgIpc) is 2.87. The van der Waals surface area contributed by atoms with Crippen molar-refractivity contribution in [3.05, 3.63) is 71.3 Å². The van der Waals surface area contributed by atoms with Gasteiger partial charge in [-0.15, -0.1) is 0 Å². The van der Waals surface area contributed by atoms with Gasteiger partial charge in [0.05, 0.1) is 6.54 Å². The van der Waals surface area contributed by atoms with Crippen molar-refractivity contribution in [1.82, 2.24) is 16.0 Å². The van der Waals surface area contributed by atoms with E-state index in [1.807, 2.05) is 18.2 Å². The molecule has 1 fully saturated rings. The Hall–Kier alpha value is -3.19. The standard InChI is InChI=1S/C19H29N5O2.C8H10/c1-13(24-17(25)12-22-16-5-3-2-4-6-16)19(26)23-11-14-7-9-15(10-8-14)18(20)21;1-2-8-6-4-3-5-7-8/h7-10,13,16,22H,2-6,11-12H2,1H3,(H3,20,21)(H,23,26)(H,24,25);3-7H,2H2,1H3. The monoisotopic (exact) mass is 465 g/mol. The first kappa shape index (κ1) is 27.1. The molecule has 0 saturated heterocycles. The second kappa shape index (κ2) is 14.9. The van der Waals surface area contributed by atoms with E-state index in [4.69, 9.17) is 11.1 Å². The number of hydrogen-bond donors (Lipinski definition) is 5. The van der Waals surface area contributed by atoms with Crippen LogP contribution in [0.15, 0.2) is 54.6 Å². The number of aryl methyl sites for hydroxylation is 1. The van der Waals surface area contributed by atoms with E-state index < -0.39 is 6.04 Å². The zero-order valence-electron chi connectivity index (χ0n) is 20.4. The summed E-state index contributed by atoms with van der Waals surface area (Å²) in [4.78, 5) is 24.1. The molecule has 1 saturated carbocycles. The van der Waals surface area contributed by atoms with Crippen LogP contribution in [0.1, 0.15) is 62.6 Å². The number of nitrogens with one attached hydrogen (secondary N) is 4. The Morgan fingerprint density at radius 3 is 2.21 bits per heavy atom. The van der Waals surface area contributed by atoms with Crippen molar-refractivity contribution in [1.29, 1.82) is 5.41 Å². The maximum absolute atomic E-state index is 12.1. The van der Waals surface area contributed by atoms with E-state index in [-0.39, 0.29) is 24.2 Å². The van der Waals surface area contributed by atoms with E-state index >= 15 is 0 Å². The predicted molar refractivity (Wildman–Crippen MR) is 138 cm³/mol. The van der Waals surface area contributed by atoms with Gasteiger partial charge in [-0.25, -0.2) is 0 Å². The molecule has 34 heavy (non-hydrogen) atoms. The molecule has 0 radical (unpaired) electrons. The summed E-state index contributed by atoms with van der Waals surface area (Å²) in [5.74, 6) is -0.380. The summed E-state index contributed by atoms with van der Waals surface area (Å²) >= 11 is 0. The number of amides is 2. The third-order valence-corrected chi connectivity index (χ3v) is 5.91. The lowest BCUT2D eigenvalue weighted by Crippen LogP contribution is -2.48. The summed E-state index contributed by atoms with van der Waals surface area (Å²) in [6.45, 7) is 4.44. The van der Waals surface area contributed by atoms with Crippen molar-refractivity contribution < 1.29 is 9.59 Å². The summed E-state index contributed by atoms with van der Waals surface area (Å²) in [7, 11) is 0. The van der Waals surface area contributed by atoms with Gasteiger partial charge in [0.2, 0.25) is 11.8 Å². The average molecular weight is 466 g/mol. The number of carbonyl (C=O) groups excluding carboxylic acids is 2. The van der Waals surface area contributed by atoms with Crippen LogP contribution in [0.2, 0.25) is 0 Å². The molecule has 1 aliphatic rings. The number of nitrogens with two attached hydrogens (primary N) is 1. The number of amidine groups is 1. The largest absolute Gasteiger partial charge is 0.384 e. The second-order valence-corrected chi connectivity index (χ2v) is 8.67. The van der Waals surface area contributed by atoms with E-state index in [1.165, 1.54) is 24.8 Å². The maximum Gasteiger partial charge on any atom is 0.242 e. The van der Waals surface area contributed by atoms with Gasteiger partial charge in [0.15, 0.2) is 0 Å². The molecule has 2 aromatic carbocycles. The highest BCUT2D eigenvalue weighted by atomic mass is 16.2. The molecule has 1 aliphatic carbocycles. The van der Waals surface area contributed by atoms with Gasteiger partial charge in [0, 0.05) is 18.2 Å². The van der Waals surface area contributed by atoms with Crippen molar-refractivity contribution >= 4 is 17.6 Å². The minimum absolute atomic E-state index is 0.0127. The predicted octanol–water partition coefficient (Wildman–Crippen LogP) is 3.26. The van der Waals surface area contributed by atoms with Gasteiger partial charge in [-0.1, -0.05) is 80.8 Å². The normalized spacial score (nSPS) is 14.3. The number of benzene rings is 2. The highest BCUT2D eigenvalue weighted by Crippen LogP contribution is 2.16. The Morgan fingerprint density at radius 1 is 1.00 bits per heavy atom. The molecular weight excluding hydrogens is 426 g/mol. The number of nitrogen functional groups attached to an aromatic ring is 1. The molecular formula is C27H39N5O2. The van der Waals surface area contributed by atoms with Crippen LogP contribution in [0.5, 0.6) is 0 Å². The second-order valence-electron chi connectivity index (χ2n) is 8.67. The summed E-state index contributed by atoms with van der Waals surface area (Å²) in [5, 5.41) is 16.1. The third-order valence-electron chi connectivity index (χ3n) is 5.91. The lowest BCUT2D eigenvalue weighted by Gasteiger charge is -2.23. The first-order chi connectivity index (χ1) is 16.4. The summed E-state index contributed by atoms with van der Waals surface area (Å²) in [6, 6.07) is 17.4. The minimum Gasteiger partial charge on any atom is -0.384 e. The molecule has 3 rings (SSSR count). The van der Waals surface area contributed by atoms with Crippen LogP contribution in [-0.2, 0) is 22.6 Å². The summed E-state index contributed by atoms with van der Waals surface area (Å²) < 4.78 is 0. The van der Waals surface area contributed by atoms with Gasteiger partial charge >= 0.3 is 0 Å². The highest BCUT2D eigenvalue weighted by Gasteiger charge is 2.17. The van der Waals surface area contributed by atoms with E-state index in [0.29, 0.717) is 18.2 Å². The van der Waals surface area contributed by atoms with Crippen molar-refractivity contribution in [3.63, 3.8) is 0 Å². The van der Waals surface area contributed by atoms with E-state index in [9.17, 15) is 9.59 Å². The van der Waals surface area contributed by atoms with Gasteiger partial charge < -0.3 is 21.7 Å². The SMILES string of the molecule is CC(NC(=O)CNC1CCCCC1)C(=O)NCc1ccc(C(=N)N)cc1.CCc1ccccc1. The maximum atomic E-state index is 12.1. The van der Waals surface area contributed by atoms with Gasteiger partial charge in [-0.2, -0.15) is 0 Å². The molecule has 6 N–H and O–H groups in total. The van der Waals surface area contributed by atoms with Gasteiger partial charge in [0.25, 0.3) is 0 Å². The number of carbonyl (C=O) groups is 2.